The van der Waals surface area contributed by atoms with E-state index in [4.69, 9.17) is 18.9 Å². The van der Waals surface area contributed by atoms with Crippen LogP contribution in [0.15, 0.2) is 12.8 Å². The van der Waals surface area contributed by atoms with Gasteiger partial charge in [-0.3, -0.25) is 9.59 Å². The van der Waals surface area contributed by atoms with Crippen molar-refractivity contribution in [2.45, 2.75) is 87.1 Å². The number of hydrogen-bond acceptors (Lipinski definition) is 14. The van der Waals surface area contributed by atoms with Gasteiger partial charge in [0.25, 0.3) is 0 Å². The van der Waals surface area contributed by atoms with E-state index in [1.54, 1.807) is 0 Å². The molecule has 2 fully saturated rings. The molecule has 0 aromatic heterocycles. The van der Waals surface area contributed by atoms with E-state index in [0.29, 0.717) is 12.8 Å². The highest BCUT2D eigenvalue weighted by molar-refractivity contribution is 5.70. The molecule has 0 saturated carbocycles. The summed E-state index contributed by atoms with van der Waals surface area (Å²) in [6, 6.07) is 0. The third kappa shape index (κ3) is 7.39. The molecular weight excluding hydrogens is 464 g/mol. The molecule has 2 rings (SSSR count). The number of aliphatic hydroxyl groups is 7. The molecular formula is C20H32O14. The van der Waals surface area contributed by atoms with Gasteiger partial charge in [0.1, 0.15) is 55.4 Å². The van der Waals surface area contributed by atoms with Crippen LogP contribution < -0.4 is 0 Å². The summed E-state index contributed by atoms with van der Waals surface area (Å²) in [7, 11) is 0. The van der Waals surface area contributed by atoms with Gasteiger partial charge in [0.15, 0.2) is 12.6 Å². The first-order valence-electron chi connectivity index (χ1n) is 10.7. The van der Waals surface area contributed by atoms with E-state index in [1.165, 1.54) is 0 Å². The van der Waals surface area contributed by atoms with Crippen molar-refractivity contribution in [2.24, 2.45) is 0 Å². The summed E-state index contributed by atoms with van der Waals surface area (Å²) in [5.74, 6) is -1.15. The lowest BCUT2D eigenvalue weighted by Crippen LogP contribution is -2.64. The molecule has 0 aromatic rings. The molecule has 0 bridgehead atoms. The molecule has 0 aromatic carbocycles. The van der Waals surface area contributed by atoms with Gasteiger partial charge < -0.3 is 59.4 Å². The van der Waals surface area contributed by atoms with Gasteiger partial charge in [-0.2, -0.15) is 0 Å². The molecule has 2 aliphatic rings. The highest BCUT2D eigenvalue weighted by Gasteiger charge is 2.50. The van der Waals surface area contributed by atoms with E-state index < -0.39 is 86.6 Å². The van der Waals surface area contributed by atoms with Gasteiger partial charge in [-0.05, 0) is 12.8 Å². The second kappa shape index (κ2) is 13.4. The highest BCUT2D eigenvalue weighted by atomic mass is 16.7. The van der Waals surface area contributed by atoms with E-state index in [-0.39, 0.29) is 12.8 Å². The van der Waals surface area contributed by atoms with Gasteiger partial charge in [0.05, 0.1) is 12.9 Å². The van der Waals surface area contributed by atoms with Gasteiger partial charge in [0, 0.05) is 12.8 Å². The van der Waals surface area contributed by atoms with E-state index in [0.717, 1.165) is 6.26 Å². The minimum absolute atomic E-state index is 0.0424. The predicted molar refractivity (Wildman–Crippen MR) is 107 cm³/mol. The molecule has 10 atom stereocenters. The molecule has 0 unspecified atom stereocenters. The van der Waals surface area contributed by atoms with Crippen molar-refractivity contribution in [1.82, 2.24) is 0 Å². The number of rotatable bonds is 11. The Balaban J connectivity index is 1.89. The minimum Gasteiger partial charge on any atom is -0.463 e. The van der Waals surface area contributed by atoms with Crippen LogP contribution in [0.3, 0.4) is 0 Å². The lowest BCUT2D eigenvalue weighted by Gasteiger charge is -2.45. The van der Waals surface area contributed by atoms with Crippen molar-refractivity contribution in [1.29, 1.82) is 0 Å². The molecule has 7 N–H and O–H groups in total. The number of unbranched alkanes of at least 4 members (excludes halogenated alkanes) is 1. The number of ether oxygens (including phenoxy) is 5. The fraction of sp³-hybridized carbons (Fsp3) is 0.800. The van der Waals surface area contributed by atoms with Crippen molar-refractivity contribution in [3.63, 3.8) is 0 Å². The van der Waals surface area contributed by atoms with Gasteiger partial charge >= 0.3 is 11.9 Å². The van der Waals surface area contributed by atoms with Gasteiger partial charge in [0.2, 0.25) is 0 Å². The first-order valence-corrected chi connectivity index (χ1v) is 10.7. The van der Waals surface area contributed by atoms with Crippen LogP contribution in [-0.4, -0.2) is 122 Å². The standard InChI is InChI=1S/C20H32O14/c1-2-30-11(22)5-3-4-6-12(23)31-8-10-13(24)14(25)17(28)20(33-10)34-18-9(7-21)32-19(29)16(27)15(18)26/h2,9-10,13-21,24-29H,1,3-8H2/t9-,10-,13+,14+,15-,16-,17-,18-,19+,20+/m1/s1. The van der Waals surface area contributed by atoms with Crippen LogP contribution in [-0.2, 0) is 33.3 Å². The summed E-state index contributed by atoms with van der Waals surface area (Å²) in [5.41, 5.74) is 0. The molecule has 14 heteroatoms. The van der Waals surface area contributed by atoms with E-state index in [1.807, 2.05) is 0 Å². The van der Waals surface area contributed by atoms with Crippen LogP contribution in [0.4, 0.5) is 0 Å². The van der Waals surface area contributed by atoms with Crippen LogP contribution in [0.5, 0.6) is 0 Å². The number of esters is 2. The third-order valence-corrected chi connectivity index (χ3v) is 5.43. The zero-order valence-electron chi connectivity index (χ0n) is 18.3. The Labute approximate surface area is 194 Å². The maximum absolute atomic E-state index is 11.9. The molecule has 0 aliphatic carbocycles. The zero-order valence-corrected chi connectivity index (χ0v) is 18.3. The summed E-state index contributed by atoms with van der Waals surface area (Å²) < 4.78 is 25.3. The maximum atomic E-state index is 11.9. The number of hydrogen-bond donors (Lipinski definition) is 7. The molecule has 0 spiro atoms. The monoisotopic (exact) mass is 496 g/mol. The zero-order chi connectivity index (χ0) is 25.4. The summed E-state index contributed by atoms with van der Waals surface area (Å²) in [6.07, 6.45) is -14.7. The Hall–Kier alpha value is -1.72. The van der Waals surface area contributed by atoms with Gasteiger partial charge in [-0.15, -0.1) is 0 Å². The average molecular weight is 496 g/mol. The number of aliphatic hydroxyl groups excluding tert-OH is 7. The van der Waals surface area contributed by atoms with Gasteiger partial charge in [-0.25, -0.2) is 0 Å². The average Bonchev–Trinajstić information content (AvgIpc) is 2.81. The van der Waals surface area contributed by atoms with Crippen LogP contribution in [0.2, 0.25) is 0 Å². The van der Waals surface area contributed by atoms with E-state index in [9.17, 15) is 45.3 Å². The summed E-state index contributed by atoms with van der Waals surface area (Å²) in [5, 5.41) is 69.5. The Kier molecular flexibility index (Phi) is 11.2. The third-order valence-electron chi connectivity index (χ3n) is 5.43. The Morgan fingerprint density at radius 2 is 1.47 bits per heavy atom. The molecule has 0 amide bonds. The summed E-state index contributed by atoms with van der Waals surface area (Å²) >= 11 is 0. The van der Waals surface area contributed by atoms with Crippen molar-refractivity contribution < 1.29 is 69.0 Å². The molecule has 196 valence electrons. The Morgan fingerprint density at radius 3 is 2.09 bits per heavy atom. The fourth-order valence-electron chi connectivity index (χ4n) is 3.49. The van der Waals surface area contributed by atoms with E-state index >= 15 is 0 Å². The van der Waals surface area contributed by atoms with Gasteiger partial charge in [-0.1, -0.05) is 6.58 Å². The van der Waals surface area contributed by atoms with Crippen LogP contribution >= 0.6 is 0 Å². The largest absolute Gasteiger partial charge is 0.463 e. The molecule has 0 radical (unpaired) electrons. The van der Waals surface area contributed by atoms with Crippen molar-refractivity contribution in [3.8, 4) is 0 Å². The topological polar surface area (TPSA) is 222 Å². The molecule has 2 saturated heterocycles. The highest BCUT2D eigenvalue weighted by Crippen LogP contribution is 2.28. The fourth-order valence-corrected chi connectivity index (χ4v) is 3.49. The quantitative estimate of drug-likeness (QED) is 0.0834. The normalized spacial score (nSPS) is 38.2. The van der Waals surface area contributed by atoms with Crippen molar-refractivity contribution in [2.75, 3.05) is 13.2 Å². The van der Waals surface area contributed by atoms with Crippen LogP contribution in [0, 0.1) is 0 Å². The summed E-state index contributed by atoms with van der Waals surface area (Å²) in [6.45, 7) is 2.01. The van der Waals surface area contributed by atoms with Crippen LogP contribution in [0.25, 0.3) is 0 Å². The first-order chi connectivity index (χ1) is 16.1. The van der Waals surface area contributed by atoms with Crippen molar-refractivity contribution >= 4 is 11.9 Å². The molecule has 2 aliphatic heterocycles. The second-order valence-electron chi connectivity index (χ2n) is 7.89. The number of carbonyl (C=O) groups excluding carboxylic acids is 2. The molecule has 34 heavy (non-hydrogen) atoms. The molecule has 14 nitrogen and oxygen atoms in total. The van der Waals surface area contributed by atoms with Crippen molar-refractivity contribution in [3.05, 3.63) is 12.8 Å². The van der Waals surface area contributed by atoms with Crippen LogP contribution in [0.1, 0.15) is 25.7 Å². The SMILES string of the molecule is C=COC(=O)CCCCC(=O)OC[C@H]1O[C@@H](O[C@H]2[C@H](O)[C@@H](O)[C@@H](O)O[C@@H]2CO)[C@H](O)[C@@H](O)[C@H]1O. The molecule has 2 heterocycles. The smallest absolute Gasteiger partial charge is 0.310 e. The van der Waals surface area contributed by atoms with E-state index in [2.05, 4.69) is 11.3 Å². The Bertz CT molecular complexity index is 672. The maximum Gasteiger partial charge on any atom is 0.310 e. The minimum atomic E-state index is -1.81. The number of carbonyl (C=O) groups is 2. The second-order valence-corrected chi connectivity index (χ2v) is 7.89. The lowest BCUT2D eigenvalue weighted by molar-refractivity contribution is -0.355. The predicted octanol–water partition coefficient (Wildman–Crippen LogP) is -3.60. The Morgan fingerprint density at radius 1 is 0.824 bits per heavy atom. The first kappa shape index (κ1) is 28.5. The summed E-state index contributed by atoms with van der Waals surface area (Å²) in [4.78, 5) is 23.1. The lowest BCUT2D eigenvalue weighted by atomic mass is 9.97.